The van der Waals surface area contributed by atoms with E-state index >= 15 is 0 Å². The fourth-order valence-electron chi connectivity index (χ4n) is 2.23. The Labute approximate surface area is 97.9 Å². The van der Waals surface area contributed by atoms with Gasteiger partial charge in [0.1, 0.15) is 0 Å². The minimum atomic E-state index is -1.79. The van der Waals surface area contributed by atoms with Crippen molar-refractivity contribution in [2.45, 2.75) is 34.9 Å². The van der Waals surface area contributed by atoms with Crippen molar-refractivity contribution in [2.24, 2.45) is 0 Å². The van der Waals surface area contributed by atoms with Crippen molar-refractivity contribution in [2.75, 3.05) is 0 Å². The van der Waals surface area contributed by atoms with Crippen molar-refractivity contribution in [3.8, 4) is 0 Å². The maximum absolute atomic E-state index is 2.63. The zero-order chi connectivity index (χ0) is 10.7. The van der Waals surface area contributed by atoms with Crippen LogP contribution in [-0.2, 0) is 20.3 Å². The number of hydrogen-bond donors (Lipinski definition) is 0. The molecule has 2 rings (SSSR count). The van der Waals surface area contributed by atoms with Gasteiger partial charge in [-0.15, -0.1) is 0 Å². The van der Waals surface area contributed by atoms with E-state index in [2.05, 4.69) is 48.0 Å². The van der Waals surface area contributed by atoms with Crippen molar-refractivity contribution in [1.29, 1.82) is 0 Å². The first-order valence-corrected chi connectivity index (χ1v) is 12.1. The number of allylic oxidation sites excluding steroid dienone is 7. The van der Waals surface area contributed by atoms with Gasteiger partial charge < -0.3 is 0 Å². The summed E-state index contributed by atoms with van der Waals surface area (Å²) >= 11 is -1.79. The Bertz CT molecular complexity index is 352. The van der Waals surface area contributed by atoms with Gasteiger partial charge in [-0.1, -0.05) is 0 Å². The first-order chi connectivity index (χ1) is 7.27. The van der Waals surface area contributed by atoms with Crippen molar-refractivity contribution in [3.63, 3.8) is 0 Å². The SMILES string of the molecule is CCC=C(C)C=[CH][Zr]1([C]2=CC=CC2)[CH2][CH2]1. The molecule has 0 radical (unpaired) electrons. The number of rotatable bonds is 4. The second-order valence-electron chi connectivity index (χ2n) is 4.67. The van der Waals surface area contributed by atoms with E-state index in [1.807, 2.05) is 3.28 Å². The van der Waals surface area contributed by atoms with Crippen LogP contribution in [0, 0.1) is 0 Å². The maximum atomic E-state index is 2.63. The predicted molar refractivity (Wildman–Crippen MR) is 64.6 cm³/mol. The van der Waals surface area contributed by atoms with E-state index in [4.69, 9.17) is 0 Å². The number of hydrogen-bond acceptors (Lipinski definition) is 0. The van der Waals surface area contributed by atoms with E-state index in [0.29, 0.717) is 0 Å². The van der Waals surface area contributed by atoms with Gasteiger partial charge in [-0.25, -0.2) is 0 Å². The van der Waals surface area contributed by atoms with E-state index in [1.54, 1.807) is 8.26 Å². The second kappa shape index (κ2) is 4.79. The van der Waals surface area contributed by atoms with E-state index in [1.165, 1.54) is 12.0 Å². The quantitative estimate of drug-likeness (QED) is 0.654. The van der Waals surface area contributed by atoms with Crippen LogP contribution >= 0.6 is 0 Å². The average Bonchev–Trinajstić information content (AvgIpc) is 2.81. The fraction of sp³-hybridized carbons (Fsp3) is 0.429. The van der Waals surface area contributed by atoms with Crippen LogP contribution in [0.5, 0.6) is 0 Å². The molecule has 0 bridgehead atoms. The molecule has 2 aliphatic rings. The van der Waals surface area contributed by atoms with Gasteiger partial charge in [-0.2, -0.15) is 0 Å². The molecule has 0 aromatic heterocycles. The van der Waals surface area contributed by atoms with Gasteiger partial charge >= 0.3 is 98.2 Å². The van der Waals surface area contributed by atoms with E-state index in [0.717, 1.165) is 6.42 Å². The third-order valence-electron chi connectivity index (χ3n) is 3.39. The molecule has 0 unspecified atom stereocenters. The Kier molecular flexibility index (Phi) is 3.62. The standard InChI is InChI=1S/C7H11.C5H5.C2H4.Zr/c1-4-6-7(3)5-2;1-2-4-5-3-1;1-2;/h2,5-6H,4H2,1,3H3;1-3H,4H2;1-2H2;. The Morgan fingerprint density at radius 2 is 2.27 bits per heavy atom. The third-order valence-corrected chi connectivity index (χ3v) is 13.3. The monoisotopic (exact) mass is 278 g/mol. The van der Waals surface area contributed by atoms with E-state index < -0.39 is 20.3 Å². The Hall–Kier alpha value is -0.157. The first-order valence-electron chi connectivity index (χ1n) is 5.99. The molecule has 0 nitrogen and oxygen atoms in total. The van der Waals surface area contributed by atoms with Crippen LogP contribution in [0.1, 0.15) is 26.7 Å². The van der Waals surface area contributed by atoms with E-state index in [-0.39, 0.29) is 0 Å². The molecule has 1 saturated heterocycles. The molecular weight excluding hydrogens is 259 g/mol. The van der Waals surface area contributed by atoms with Crippen LogP contribution in [0.4, 0.5) is 0 Å². The summed E-state index contributed by atoms with van der Waals surface area (Å²) in [5, 5.41) is 0. The topological polar surface area (TPSA) is 0 Å². The van der Waals surface area contributed by atoms with Gasteiger partial charge in [0.15, 0.2) is 0 Å². The molecule has 15 heavy (non-hydrogen) atoms. The van der Waals surface area contributed by atoms with Crippen LogP contribution in [-0.4, -0.2) is 0 Å². The molecule has 0 saturated carbocycles. The van der Waals surface area contributed by atoms with Crippen LogP contribution in [0.15, 0.2) is 43.0 Å². The minimum absolute atomic E-state index is 1.16. The summed E-state index contributed by atoms with van der Waals surface area (Å²) in [5.74, 6) is 0. The molecule has 1 heteroatoms. The van der Waals surface area contributed by atoms with Crippen LogP contribution in [0.3, 0.4) is 0 Å². The Balaban J connectivity index is 2.02. The molecule has 1 aliphatic carbocycles. The molecule has 0 amide bonds. The van der Waals surface area contributed by atoms with Crippen LogP contribution in [0.25, 0.3) is 0 Å². The van der Waals surface area contributed by atoms with Crippen LogP contribution < -0.4 is 0 Å². The van der Waals surface area contributed by atoms with Gasteiger partial charge in [-0.05, 0) is 0 Å². The van der Waals surface area contributed by atoms with E-state index in [9.17, 15) is 0 Å². The Morgan fingerprint density at radius 1 is 1.47 bits per heavy atom. The van der Waals surface area contributed by atoms with Gasteiger partial charge in [0, 0.05) is 0 Å². The van der Waals surface area contributed by atoms with Gasteiger partial charge in [0.25, 0.3) is 0 Å². The molecule has 0 aromatic rings. The molecule has 1 fully saturated rings. The molecule has 1 aliphatic heterocycles. The average molecular weight is 280 g/mol. The van der Waals surface area contributed by atoms with Crippen LogP contribution in [0.2, 0.25) is 8.26 Å². The zero-order valence-electron chi connectivity index (χ0n) is 9.79. The molecule has 0 N–H and O–H groups in total. The Morgan fingerprint density at radius 3 is 2.80 bits per heavy atom. The van der Waals surface area contributed by atoms with Crippen molar-refractivity contribution < 1.29 is 20.3 Å². The summed E-state index contributed by atoms with van der Waals surface area (Å²) in [7, 11) is 0. The predicted octanol–water partition coefficient (Wildman–Crippen LogP) is 4.70. The molecule has 0 aromatic carbocycles. The summed E-state index contributed by atoms with van der Waals surface area (Å²) in [6.45, 7) is 4.43. The van der Waals surface area contributed by atoms with Crippen molar-refractivity contribution in [3.05, 3.63) is 43.0 Å². The first kappa shape index (κ1) is 11.3. The van der Waals surface area contributed by atoms with Gasteiger partial charge in [-0.3, -0.25) is 0 Å². The molecular formula is C14H20Zr. The van der Waals surface area contributed by atoms with Gasteiger partial charge in [0.05, 0.1) is 0 Å². The molecule has 80 valence electrons. The summed E-state index contributed by atoms with van der Waals surface area (Å²) in [4.78, 5) is 0. The normalized spacial score (nSPS) is 23.6. The molecule has 0 spiro atoms. The summed E-state index contributed by atoms with van der Waals surface area (Å²) in [5.41, 5.74) is 1.45. The zero-order valence-corrected chi connectivity index (χ0v) is 12.3. The summed E-state index contributed by atoms with van der Waals surface area (Å²) in [6.07, 6.45) is 14.1. The summed E-state index contributed by atoms with van der Waals surface area (Å²) < 4.78 is 7.57. The molecule has 0 atom stereocenters. The van der Waals surface area contributed by atoms with Gasteiger partial charge in [0.2, 0.25) is 0 Å². The third kappa shape index (κ3) is 2.69. The van der Waals surface area contributed by atoms with Crippen molar-refractivity contribution in [1.82, 2.24) is 0 Å². The fourth-order valence-corrected chi connectivity index (χ4v) is 13.5. The summed E-state index contributed by atoms with van der Waals surface area (Å²) in [6, 6.07) is 0. The second-order valence-corrected chi connectivity index (χ2v) is 15.2. The molecule has 1 heterocycles. The van der Waals surface area contributed by atoms with Crippen molar-refractivity contribution >= 4 is 0 Å².